The predicted molar refractivity (Wildman–Crippen MR) is 75.9 cm³/mol. The third kappa shape index (κ3) is 2.85. The van der Waals surface area contributed by atoms with Crippen molar-refractivity contribution in [1.82, 2.24) is 5.32 Å². The van der Waals surface area contributed by atoms with E-state index in [-0.39, 0.29) is 5.82 Å². The first-order valence-electron chi connectivity index (χ1n) is 6.86. The van der Waals surface area contributed by atoms with E-state index in [0.29, 0.717) is 5.92 Å². The summed E-state index contributed by atoms with van der Waals surface area (Å²) < 4.78 is 12.8. The van der Waals surface area contributed by atoms with Gasteiger partial charge in [0.15, 0.2) is 0 Å². The summed E-state index contributed by atoms with van der Waals surface area (Å²) in [6.45, 7) is 1.99. The monoisotopic (exact) mass is 255 g/mol. The number of fused-ring (bicyclic) bond motifs is 1. The second-order valence-electron chi connectivity index (χ2n) is 5.18. The van der Waals surface area contributed by atoms with E-state index in [1.54, 1.807) is 0 Å². The highest BCUT2D eigenvalue weighted by Crippen LogP contribution is 2.33. The second kappa shape index (κ2) is 5.54. The third-order valence-corrected chi connectivity index (χ3v) is 3.86. The Balaban J connectivity index is 1.42. The number of rotatable bonds is 5. The molecule has 0 saturated carbocycles. The number of hydrogen-bond acceptors (Lipinski definition) is 1. The molecule has 2 aromatic carbocycles. The molecule has 1 aliphatic rings. The van der Waals surface area contributed by atoms with Gasteiger partial charge in [-0.1, -0.05) is 36.4 Å². The zero-order chi connectivity index (χ0) is 13.1. The first-order chi connectivity index (χ1) is 9.33. The summed E-state index contributed by atoms with van der Waals surface area (Å²) in [6.07, 6.45) is 2.15. The molecule has 3 rings (SSSR count). The Hall–Kier alpha value is -1.67. The van der Waals surface area contributed by atoms with Crippen molar-refractivity contribution in [3.63, 3.8) is 0 Å². The molecule has 0 aromatic heterocycles. The summed E-state index contributed by atoms with van der Waals surface area (Å²) >= 11 is 0. The lowest BCUT2D eigenvalue weighted by molar-refractivity contribution is 0.537. The zero-order valence-corrected chi connectivity index (χ0v) is 10.9. The molecule has 0 bridgehead atoms. The van der Waals surface area contributed by atoms with Gasteiger partial charge in [-0.3, -0.25) is 0 Å². The van der Waals surface area contributed by atoms with Crippen LogP contribution in [0.4, 0.5) is 4.39 Å². The van der Waals surface area contributed by atoms with E-state index in [1.807, 2.05) is 12.1 Å². The van der Waals surface area contributed by atoms with Crippen LogP contribution in [0.15, 0.2) is 48.5 Å². The maximum Gasteiger partial charge on any atom is 0.123 e. The molecule has 98 valence electrons. The molecule has 1 aliphatic carbocycles. The molecule has 0 heterocycles. The van der Waals surface area contributed by atoms with Gasteiger partial charge < -0.3 is 5.32 Å². The molecule has 2 aromatic rings. The molecule has 1 nitrogen and oxygen atoms in total. The SMILES string of the molecule is Fc1ccc(CCNCC2Cc3ccccc32)cc1. The Bertz CT molecular complexity index is 547. The lowest BCUT2D eigenvalue weighted by Gasteiger charge is -2.30. The lowest BCUT2D eigenvalue weighted by Crippen LogP contribution is -2.30. The average Bonchev–Trinajstić information content (AvgIpc) is 2.41. The highest BCUT2D eigenvalue weighted by molar-refractivity contribution is 5.40. The fourth-order valence-electron chi connectivity index (χ4n) is 2.70. The Kier molecular flexibility index (Phi) is 3.60. The fourth-order valence-corrected chi connectivity index (χ4v) is 2.70. The van der Waals surface area contributed by atoms with E-state index in [4.69, 9.17) is 0 Å². The standard InChI is InChI=1S/C17H18FN/c18-16-7-5-13(6-8-16)9-10-19-12-15-11-14-3-1-2-4-17(14)15/h1-8,15,19H,9-12H2. The van der Waals surface area contributed by atoms with Crippen molar-refractivity contribution >= 4 is 0 Å². The van der Waals surface area contributed by atoms with Crippen LogP contribution < -0.4 is 5.32 Å². The molecule has 19 heavy (non-hydrogen) atoms. The predicted octanol–water partition coefficient (Wildman–Crippen LogP) is 3.30. The van der Waals surface area contributed by atoms with E-state index in [0.717, 1.165) is 19.5 Å². The molecule has 0 amide bonds. The Morgan fingerprint density at radius 1 is 1.05 bits per heavy atom. The lowest BCUT2D eigenvalue weighted by atomic mass is 9.77. The van der Waals surface area contributed by atoms with Gasteiger partial charge in [-0.25, -0.2) is 4.39 Å². The van der Waals surface area contributed by atoms with Crippen molar-refractivity contribution in [3.8, 4) is 0 Å². The molecule has 1 unspecified atom stereocenters. The van der Waals surface area contributed by atoms with Crippen molar-refractivity contribution in [2.45, 2.75) is 18.8 Å². The van der Waals surface area contributed by atoms with Crippen molar-refractivity contribution in [2.75, 3.05) is 13.1 Å². The number of hydrogen-bond donors (Lipinski definition) is 1. The Morgan fingerprint density at radius 3 is 2.63 bits per heavy atom. The number of halogens is 1. The zero-order valence-electron chi connectivity index (χ0n) is 10.9. The minimum Gasteiger partial charge on any atom is -0.316 e. The van der Waals surface area contributed by atoms with Crippen molar-refractivity contribution in [2.24, 2.45) is 0 Å². The van der Waals surface area contributed by atoms with Gasteiger partial charge in [-0.05, 0) is 48.2 Å². The average molecular weight is 255 g/mol. The van der Waals surface area contributed by atoms with Crippen LogP contribution in [0.25, 0.3) is 0 Å². The molecule has 0 aliphatic heterocycles. The maximum atomic E-state index is 12.8. The molecular weight excluding hydrogens is 237 g/mol. The van der Waals surface area contributed by atoms with Gasteiger partial charge in [0.25, 0.3) is 0 Å². The van der Waals surface area contributed by atoms with Crippen LogP contribution in [0.1, 0.15) is 22.6 Å². The topological polar surface area (TPSA) is 12.0 Å². The Labute approximate surface area is 113 Å². The van der Waals surface area contributed by atoms with E-state index in [1.165, 1.54) is 35.2 Å². The molecule has 0 spiro atoms. The minimum absolute atomic E-state index is 0.164. The van der Waals surface area contributed by atoms with Crippen LogP contribution in [0.5, 0.6) is 0 Å². The van der Waals surface area contributed by atoms with E-state index >= 15 is 0 Å². The molecule has 2 heteroatoms. The first kappa shape index (κ1) is 12.4. The summed E-state index contributed by atoms with van der Waals surface area (Å²) in [6, 6.07) is 15.4. The van der Waals surface area contributed by atoms with Gasteiger partial charge in [0, 0.05) is 12.5 Å². The van der Waals surface area contributed by atoms with Crippen LogP contribution in [0, 0.1) is 5.82 Å². The van der Waals surface area contributed by atoms with Crippen LogP contribution in [-0.2, 0) is 12.8 Å². The molecule has 0 fully saturated rings. The highest BCUT2D eigenvalue weighted by Gasteiger charge is 2.24. The smallest absolute Gasteiger partial charge is 0.123 e. The third-order valence-electron chi connectivity index (χ3n) is 3.86. The van der Waals surface area contributed by atoms with E-state index in [2.05, 4.69) is 29.6 Å². The summed E-state index contributed by atoms with van der Waals surface area (Å²) in [7, 11) is 0. The molecule has 0 radical (unpaired) electrons. The van der Waals surface area contributed by atoms with Gasteiger partial charge in [-0.2, -0.15) is 0 Å². The minimum atomic E-state index is -0.164. The van der Waals surface area contributed by atoms with Gasteiger partial charge >= 0.3 is 0 Å². The molecule has 0 saturated heterocycles. The van der Waals surface area contributed by atoms with Crippen molar-refractivity contribution < 1.29 is 4.39 Å². The van der Waals surface area contributed by atoms with Crippen molar-refractivity contribution in [1.29, 1.82) is 0 Å². The van der Waals surface area contributed by atoms with Gasteiger partial charge in [-0.15, -0.1) is 0 Å². The van der Waals surface area contributed by atoms with Crippen LogP contribution >= 0.6 is 0 Å². The highest BCUT2D eigenvalue weighted by atomic mass is 19.1. The van der Waals surface area contributed by atoms with Gasteiger partial charge in [0.05, 0.1) is 0 Å². The Morgan fingerprint density at radius 2 is 1.84 bits per heavy atom. The summed E-state index contributed by atoms with van der Waals surface area (Å²) in [4.78, 5) is 0. The van der Waals surface area contributed by atoms with Gasteiger partial charge in [0.1, 0.15) is 5.82 Å². The maximum absolute atomic E-state index is 12.8. The van der Waals surface area contributed by atoms with E-state index < -0.39 is 0 Å². The normalized spacial score (nSPS) is 16.8. The molecule has 1 atom stereocenters. The summed E-state index contributed by atoms with van der Waals surface area (Å²) in [5.41, 5.74) is 4.17. The van der Waals surface area contributed by atoms with Crippen LogP contribution in [-0.4, -0.2) is 13.1 Å². The molecular formula is C17H18FN. The first-order valence-corrected chi connectivity index (χ1v) is 6.86. The summed E-state index contributed by atoms with van der Waals surface area (Å²) in [5, 5.41) is 3.50. The van der Waals surface area contributed by atoms with Crippen molar-refractivity contribution in [3.05, 3.63) is 71.0 Å². The van der Waals surface area contributed by atoms with Crippen LogP contribution in [0.3, 0.4) is 0 Å². The largest absolute Gasteiger partial charge is 0.316 e. The molecule has 1 N–H and O–H groups in total. The van der Waals surface area contributed by atoms with E-state index in [9.17, 15) is 4.39 Å². The quantitative estimate of drug-likeness (QED) is 0.808. The number of nitrogens with one attached hydrogen (secondary N) is 1. The van der Waals surface area contributed by atoms with Crippen LogP contribution in [0.2, 0.25) is 0 Å². The fraction of sp³-hybridized carbons (Fsp3) is 0.294. The number of benzene rings is 2. The summed E-state index contributed by atoms with van der Waals surface area (Å²) in [5.74, 6) is 0.507. The van der Waals surface area contributed by atoms with Gasteiger partial charge in [0.2, 0.25) is 0 Å². The second-order valence-corrected chi connectivity index (χ2v) is 5.18.